The average Bonchev–Trinajstić information content (AvgIpc) is 2.95. The minimum atomic E-state index is 0.202. The molecule has 9 aliphatic carbocycles. The van der Waals surface area contributed by atoms with Gasteiger partial charge < -0.3 is 0 Å². The van der Waals surface area contributed by atoms with Crippen molar-refractivity contribution >= 4 is 0 Å². The second-order valence-corrected chi connectivity index (χ2v) is 21.6. The van der Waals surface area contributed by atoms with Crippen molar-refractivity contribution in [1.82, 2.24) is 0 Å². The van der Waals surface area contributed by atoms with Gasteiger partial charge >= 0.3 is 0 Å². The molecular weight excluding hydrogens is 468 g/mol. The Labute approximate surface area is 243 Å². The number of fused-ring (bicyclic) bond motifs is 1. The minimum Gasteiger partial charge on any atom is -0.0616 e. The van der Waals surface area contributed by atoms with Gasteiger partial charge in [-0.1, -0.05) is 138 Å². The zero-order valence-corrected chi connectivity index (χ0v) is 29.9. The molecule has 11 bridgehead atoms. The van der Waals surface area contributed by atoms with Crippen LogP contribution >= 0.6 is 0 Å². The summed E-state index contributed by atoms with van der Waals surface area (Å²) in [7, 11) is 0. The Bertz CT molecular complexity index is 1370. The van der Waals surface area contributed by atoms with Crippen LogP contribution in [-0.2, 0) is 0 Å². The Balaban J connectivity index is 1.72. The molecule has 0 aromatic rings. The summed E-state index contributed by atoms with van der Waals surface area (Å²) in [5, 5.41) is 0. The maximum absolute atomic E-state index is 2.93. The molecule has 15 unspecified atom stereocenters. The summed E-state index contributed by atoms with van der Waals surface area (Å²) in [5.74, 6) is 1.64. The summed E-state index contributed by atoms with van der Waals surface area (Å²) in [6.07, 6.45) is 1.43. The predicted molar refractivity (Wildman–Crippen MR) is 164 cm³/mol. The van der Waals surface area contributed by atoms with Crippen LogP contribution < -0.4 is 0 Å². The van der Waals surface area contributed by atoms with Crippen LogP contribution in [0.25, 0.3) is 0 Å². The highest BCUT2D eigenvalue weighted by Crippen LogP contribution is 3.19. The van der Waals surface area contributed by atoms with Crippen molar-refractivity contribution in [1.29, 1.82) is 0 Å². The molecule has 9 saturated carbocycles. The number of rotatable bonds is 0. The van der Waals surface area contributed by atoms with Gasteiger partial charge in [0.25, 0.3) is 0 Å². The molecule has 39 heavy (non-hydrogen) atoms. The molecule has 15 atom stereocenters. The van der Waals surface area contributed by atoms with Gasteiger partial charge in [-0.15, -0.1) is 0 Å². The van der Waals surface area contributed by atoms with E-state index in [0.29, 0.717) is 21.7 Å². The molecule has 0 spiro atoms. The maximum atomic E-state index is 2.93. The second kappa shape index (κ2) is 4.90. The molecule has 0 amide bonds. The van der Waals surface area contributed by atoms with Crippen LogP contribution in [0.5, 0.6) is 0 Å². The van der Waals surface area contributed by atoms with Gasteiger partial charge in [0.05, 0.1) is 0 Å². The van der Waals surface area contributed by atoms with E-state index < -0.39 is 0 Å². The normalized spacial score (nSPS) is 79.1. The molecule has 0 aliphatic heterocycles. The Morgan fingerprint density at radius 1 is 0.359 bits per heavy atom. The van der Waals surface area contributed by atoms with E-state index in [1.54, 1.807) is 0 Å². The quantitative estimate of drug-likeness (QED) is 0.291. The zero-order chi connectivity index (χ0) is 29.9. The smallest absolute Gasteiger partial charge is 0.0131 e. The van der Waals surface area contributed by atoms with Crippen LogP contribution in [0.3, 0.4) is 0 Å². The van der Waals surface area contributed by atoms with E-state index in [1.165, 1.54) is 6.42 Å². The average molecular weight is 533 g/mol. The van der Waals surface area contributed by atoms with Gasteiger partial charge in [0.2, 0.25) is 0 Å². The molecule has 0 aromatic carbocycles. The van der Waals surface area contributed by atoms with Crippen LogP contribution in [0.4, 0.5) is 0 Å². The van der Waals surface area contributed by atoms with Gasteiger partial charge in [0.15, 0.2) is 0 Å². The van der Waals surface area contributed by atoms with Gasteiger partial charge in [-0.3, -0.25) is 0 Å². The van der Waals surface area contributed by atoms with Crippen molar-refractivity contribution in [2.45, 2.75) is 145 Å². The van der Waals surface area contributed by atoms with E-state index in [9.17, 15) is 0 Å². The highest BCUT2D eigenvalue weighted by atomic mass is 15.2. The highest BCUT2D eigenvalue weighted by Gasteiger charge is 3.15. The summed E-state index contributed by atoms with van der Waals surface area (Å²) >= 11 is 0. The molecule has 9 aliphatic rings. The summed E-state index contributed by atoms with van der Waals surface area (Å²) in [6.45, 7) is 56.9. The Morgan fingerprint density at radius 2 is 0.744 bits per heavy atom. The van der Waals surface area contributed by atoms with E-state index >= 15 is 0 Å². The summed E-state index contributed by atoms with van der Waals surface area (Å²) < 4.78 is 0. The van der Waals surface area contributed by atoms with Crippen molar-refractivity contribution in [3.63, 3.8) is 0 Å². The van der Waals surface area contributed by atoms with Crippen molar-refractivity contribution in [3.8, 4) is 0 Å². The number of hydrogen-bond donors (Lipinski definition) is 0. The molecule has 0 saturated heterocycles. The lowest BCUT2D eigenvalue weighted by atomic mass is 8.96. The first-order valence-electron chi connectivity index (χ1n) is 17.0. The van der Waals surface area contributed by atoms with E-state index in [4.69, 9.17) is 0 Å². The van der Waals surface area contributed by atoms with E-state index in [-0.39, 0.29) is 65.0 Å². The summed E-state index contributed by atoms with van der Waals surface area (Å²) in [6, 6.07) is 0. The lowest BCUT2D eigenvalue weighted by molar-refractivity contribution is -0.606. The summed E-state index contributed by atoms with van der Waals surface area (Å²) in [4.78, 5) is 0. The van der Waals surface area contributed by atoms with Gasteiger partial charge in [-0.05, 0) is 105 Å². The van der Waals surface area contributed by atoms with E-state index in [1.807, 2.05) is 0 Å². The zero-order valence-electron chi connectivity index (χ0n) is 29.9. The fourth-order valence-electron chi connectivity index (χ4n) is 23.3. The minimum absolute atomic E-state index is 0.202. The molecule has 220 valence electrons. The molecule has 0 nitrogen and oxygen atoms in total. The van der Waals surface area contributed by atoms with Crippen LogP contribution in [-0.4, -0.2) is 0 Å². The topological polar surface area (TPSA) is 0 Å². The molecule has 0 heterocycles. The third kappa shape index (κ3) is 1.14. The van der Waals surface area contributed by atoms with Crippen LogP contribution in [0.2, 0.25) is 0 Å². The SMILES string of the molecule is CC1C2C3(C)CC4(C)C5(C)C(C)(C)C3(C)C2(C)C1(C)C1(C)C4(C)C2(C)C3(C)C(C)(C)C(C)(C)C(C)(C53C)C12C. The van der Waals surface area contributed by atoms with Gasteiger partial charge in [-0.25, -0.2) is 0 Å². The van der Waals surface area contributed by atoms with E-state index in [2.05, 4.69) is 138 Å². The third-order valence-electron chi connectivity index (χ3n) is 25.5. The molecule has 0 radical (unpaired) electrons. The molecule has 9 rings (SSSR count). The molecule has 0 N–H and O–H groups in total. The molecule has 9 fully saturated rings. The van der Waals surface area contributed by atoms with Crippen LogP contribution in [0.15, 0.2) is 0 Å². The molecule has 0 heteroatoms. The fourth-order valence-corrected chi connectivity index (χ4v) is 23.3. The van der Waals surface area contributed by atoms with Crippen molar-refractivity contribution in [2.75, 3.05) is 0 Å². The van der Waals surface area contributed by atoms with Gasteiger partial charge in [0.1, 0.15) is 0 Å². The first-order valence-corrected chi connectivity index (χ1v) is 17.0. The first kappa shape index (κ1) is 26.6. The van der Waals surface area contributed by atoms with Gasteiger partial charge in [-0.2, -0.15) is 0 Å². The Hall–Kier alpha value is 0. The Morgan fingerprint density at radius 3 is 1.18 bits per heavy atom. The number of hydrogen-bond acceptors (Lipinski definition) is 0. The largest absolute Gasteiger partial charge is 0.0616 e. The highest BCUT2D eigenvalue weighted by molar-refractivity contribution is 5.61. The van der Waals surface area contributed by atoms with Crippen LogP contribution in [0.1, 0.15) is 145 Å². The van der Waals surface area contributed by atoms with Crippen molar-refractivity contribution in [3.05, 3.63) is 0 Å². The Kier molecular flexibility index (Phi) is 3.35. The van der Waals surface area contributed by atoms with Crippen molar-refractivity contribution in [2.24, 2.45) is 98.5 Å². The van der Waals surface area contributed by atoms with Crippen molar-refractivity contribution < 1.29 is 0 Å². The molecule has 0 aromatic heterocycles. The molecular formula is C39H64. The van der Waals surface area contributed by atoms with Crippen LogP contribution in [0, 0.1) is 98.5 Å². The predicted octanol–water partition coefficient (Wildman–Crippen LogP) is 10.9. The lowest BCUT2D eigenvalue weighted by Crippen LogP contribution is -3.03. The third-order valence-corrected chi connectivity index (χ3v) is 25.5. The first-order chi connectivity index (χ1) is 17.0. The monoisotopic (exact) mass is 533 g/mol. The second-order valence-electron chi connectivity index (χ2n) is 21.6. The maximum Gasteiger partial charge on any atom is -0.0131 e. The standard InChI is InChI=1S/C39H64/c1-22-23-27(8)21-28(9)32(13)26(6,7)31(27,12)30(23,11)29(22,10)36(17)35(28,16)38(19)33(14)24(2,3)25(4,5)34(15,37(32,33)18)39(36,38)20/h22-23H,21H2,1-20H3. The fraction of sp³-hybridized carbons (Fsp3) is 1.00. The van der Waals surface area contributed by atoms with Gasteiger partial charge in [0, 0.05) is 0 Å². The van der Waals surface area contributed by atoms with E-state index in [0.717, 1.165) is 11.8 Å². The lowest BCUT2D eigenvalue weighted by Gasteiger charge is -3.07. The summed E-state index contributed by atoms with van der Waals surface area (Å²) in [5.41, 5.74) is 4.23.